The normalized spacial score (nSPS) is 16.0. The van der Waals surface area contributed by atoms with Gasteiger partial charge in [-0.2, -0.15) is 0 Å². The molecular formula is C15H17BrN2O. The van der Waals surface area contributed by atoms with Gasteiger partial charge in [-0.3, -0.25) is 4.79 Å². The topological polar surface area (TPSA) is 25.2 Å². The van der Waals surface area contributed by atoms with Crippen molar-refractivity contribution in [2.75, 3.05) is 13.1 Å². The molecule has 0 aliphatic carbocycles. The first kappa shape index (κ1) is 12.7. The fraction of sp³-hybridized carbons (Fsp3) is 0.400. The number of nitrogens with zero attached hydrogens (tertiary/aromatic N) is 2. The predicted molar refractivity (Wildman–Crippen MR) is 80.4 cm³/mol. The van der Waals surface area contributed by atoms with Gasteiger partial charge in [-0.05, 0) is 31.4 Å². The maximum Gasteiger partial charge on any atom is 0.256 e. The third-order valence-corrected chi connectivity index (χ3v) is 4.32. The second-order valence-electron chi connectivity index (χ2n) is 5.17. The summed E-state index contributed by atoms with van der Waals surface area (Å²) < 4.78 is 3.07. The fourth-order valence-corrected chi connectivity index (χ4v) is 3.14. The third-order valence-electron chi connectivity index (χ3n) is 3.83. The Kier molecular flexibility index (Phi) is 3.35. The van der Waals surface area contributed by atoms with E-state index in [1.165, 1.54) is 6.42 Å². The molecule has 0 atom stereocenters. The number of carbonyl (C=O) groups excluding carboxylic acids is 1. The molecule has 19 heavy (non-hydrogen) atoms. The Labute approximate surface area is 121 Å². The van der Waals surface area contributed by atoms with Gasteiger partial charge in [0.05, 0.1) is 5.56 Å². The highest BCUT2D eigenvalue weighted by Gasteiger charge is 2.21. The lowest BCUT2D eigenvalue weighted by molar-refractivity contribution is 0.0726. The summed E-state index contributed by atoms with van der Waals surface area (Å²) in [7, 11) is 1.99. The molecule has 1 aromatic heterocycles. The molecule has 3 rings (SSSR count). The van der Waals surface area contributed by atoms with Crippen molar-refractivity contribution in [1.82, 2.24) is 9.47 Å². The van der Waals surface area contributed by atoms with Crippen LogP contribution in [0.3, 0.4) is 0 Å². The molecular weight excluding hydrogens is 304 g/mol. The number of carbonyl (C=O) groups is 1. The summed E-state index contributed by atoms with van der Waals surface area (Å²) in [5, 5.41) is 1.04. The van der Waals surface area contributed by atoms with E-state index in [1.54, 1.807) is 0 Å². The maximum atomic E-state index is 12.6. The zero-order valence-electron chi connectivity index (χ0n) is 11.0. The number of rotatable bonds is 1. The molecule has 4 heteroatoms. The van der Waals surface area contributed by atoms with Gasteiger partial charge in [0, 0.05) is 41.7 Å². The number of piperidine rings is 1. The number of fused-ring (bicyclic) bond motifs is 1. The van der Waals surface area contributed by atoms with E-state index in [4.69, 9.17) is 0 Å². The largest absolute Gasteiger partial charge is 0.350 e. The van der Waals surface area contributed by atoms with Crippen molar-refractivity contribution in [2.45, 2.75) is 19.3 Å². The monoisotopic (exact) mass is 320 g/mol. The minimum absolute atomic E-state index is 0.174. The van der Waals surface area contributed by atoms with Crippen molar-refractivity contribution in [1.29, 1.82) is 0 Å². The van der Waals surface area contributed by atoms with E-state index < -0.39 is 0 Å². The molecule has 1 aromatic carbocycles. The summed E-state index contributed by atoms with van der Waals surface area (Å²) in [6, 6.07) is 6.08. The summed E-state index contributed by atoms with van der Waals surface area (Å²) in [6.45, 7) is 1.79. The smallest absolute Gasteiger partial charge is 0.256 e. The van der Waals surface area contributed by atoms with Crippen molar-refractivity contribution in [3.05, 3.63) is 34.4 Å². The van der Waals surface area contributed by atoms with Gasteiger partial charge in [0.2, 0.25) is 0 Å². The van der Waals surface area contributed by atoms with Crippen LogP contribution >= 0.6 is 15.9 Å². The Bertz CT molecular complexity index is 626. The number of amides is 1. The Morgan fingerprint density at radius 3 is 2.68 bits per heavy atom. The highest BCUT2D eigenvalue weighted by molar-refractivity contribution is 9.10. The second-order valence-corrected chi connectivity index (χ2v) is 6.08. The van der Waals surface area contributed by atoms with E-state index >= 15 is 0 Å². The van der Waals surface area contributed by atoms with Crippen LogP contribution < -0.4 is 0 Å². The molecule has 0 bridgehead atoms. The Hall–Kier alpha value is -1.29. The molecule has 0 N–H and O–H groups in total. The molecule has 1 saturated heterocycles. The number of benzene rings is 1. The average molecular weight is 321 g/mol. The van der Waals surface area contributed by atoms with Gasteiger partial charge < -0.3 is 9.47 Å². The molecule has 1 aliphatic rings. The molecule has 2 heterocycles. The van der Waals surface area contributed by atoms with Gasteiger partial charge in [-0.15, -0.1) is 0 Å². The third kappa shape index (κ3) is 2.29. The van der Waals surface area contributed by atoms with Crippen LogP contribution in [-0.4, -0.2) is 28.5 Å². The SMILES string of the molecule is Cn1cc(C(=O)N2CCCCC2)c2ccc(Br)cc21. The lowest BCUT2D eigenvalue weighted by Crippen LogP contribution is -2.35. The van der Waals surface area contributed by atoms with Crippen molar-refractivity contribution >= 4 is 32.7 Å². The zero-order chi connectivity index (χ0) is 13.4. The van der Waals surface area contributed by atoms with Crippen LogP contribution in [0.5, 0.6) is 0 Å². The molecule has 0 saturated carbocycles. The van der Waals surface area contributed by atoms with Gasteiger partial charge in [0.15, 0.2) is 0 Å². The Morgan fingerprint density at radius 2 is 1.95 bits per heavy atom. The van der Waals surface area contributed by atoms with Gasteiger partial charge in [-0.25, -0.2) is 0 Å². The van der Waals surface area contributed by atoms with E-state index in [0.717, 1.165) is 46.9 Å². The molecule has 1 aliphatic heterocycles. The van der Waals surface area contributed by atoms with E-state index in [1.807, 2.05) is 34.8 Å². The minimum Gasteiger partial charge on any atom is -0.350 e. The maximum absolute atomic E-state index is 12.6. The summed E-state index contributed by atoms with van der Waals surface area (Å²) in [5.74, 6) is 0.174. The van der Waals surface area contributed by atoms with Crippen LogP contribution in [0.1, 0.15) is 29.6 Å². The fourth-order valence-electron chi connectivity index (χ4n) is 2.79. The molecule has 0 spiro atoms. The first-order chi connectivity index (χ1) is 9.16. The molecule has 3 nitrogen and oxygen atoms in total. The summed E-state index contributed by atoms with van der Waals surface area (Å²) in [4.78, 5) is 14.6. The van der Waals surface area contributed by atoms with E-state index in [9.17, 15) is 4.79 Å². The van der Waals surface area contributed by atoms with Crippen LogP contribution in [0.4, 0.5) is 0 Å². The second kappa shape index (κ2) is 5.00. The van der Waals surface area contributed by atoms with Gasteiger partial charge >= 0.3 is 0 Å². The number of hydrogen-bond acceptors (Lipinski definition) is 1. The molecule has 0 radical (unpaired) electrons. The lowest BCUT2D eigenvalue weighted by atomic mass is 10.1. The Morgan fingerprint density at radius 1 is 1.21 bits per heavy atom. The van der Waals surface area contributed by atoms with Crippen LogP contribution in [0.15, 0.2) is 28.9 Å². The van der Waals surface area contributed by atoms with Crippen molar-refractivity contribution in [2.24, 2.45) is 7.05 Å². The van der Waals surface area contributed by atoms with Crippen molar-refractivity contribution in [3.63, 3.8) is 0 Å². The van der Waals surface area contributed by atoms with E-state index in [2.05, 4.69) is 22.0 Å². The molecule has 1 amide bonds. The first-order valence-corrected chi connectivity index (χ1v) is 7.50. The van der Waals surface area contributed by atoms with E-state index in [-0.39, 0.29) is 5.91 Å². The summed E-state index contributed by atoms with van der Waals surface area (Å²) >= 11 is 3.48. The minimum atomic E-state index is 0.174. The quantitative estimate of drug-likeness (QED) is 0.788. The number of aromatic nitrogens is 1. The molecule has 100 valence electrons. The molecule has 0 unspecified atom stereocenters. The van der Waals surface area contributed by atoms with E-state index in [0.29, 0.717) is 0 Å². The van der Waals surface area contributed by atoms with Crippen LogP contribution in [0.2, 0.25) is 0 Å². The van der Waals surface area contributed by atoms with Crippen molar-refractivity contribution < 1.29 is 4.79 Å². The molecule has 2 aromatic rings. The number of hydrogen-bond donors (Lipinski definition) is 0. The summed E-state index contributed by atoms with van der Waals surface area (Å²) in [5.41, 5.74) is 1.92. The predicted octanol–water partition coefficient (Wildman–Crippen LogP) is 3.57. The van der Waals surface area contributed by atoms with Crippen molar-refractivity contribution in [3.8, 4) is 0 Å². The number of likely N-dealkylation sites (tertiary alicyclic amines) is 1. The standard InChI is InChI=1S/C15H17BrN2O/c1-17-10-13(12-6-5-11(16)9-14(12)17)15(19)18-7-3-2-4-8-18/h5-6,9-10H,2-4,7-8H2,1H3. The van der Waals surface area contributed by atoms with Crippen LogP contribution in [-0.2, 0) is 7.05 Å². The zero-order valence-corrected chi connectivity index (χ0v) is 12.6. The summed E-state index contributed by atoms with van der Waals surface area (Å²) in [6.07, 6.45) is 5.45. The van der Waals surface area contributed by atoms with Gasteiger partial charge in [0.25, 0.3) is 5.91 Å². The average Bonchev–Trinajstić information content (AvgIpc) is 2.76. The number of aryl methyl sites for hydroxylation is 1. The Balaban J connectivity index is 2.02. The highest BCUT2D eigenvalue weighted by atomic mass is 79.9. The van der Waals surface area contributed by atoms with Gasteiger partial charge in [-0.1, -0.05) is 22.0 Å². The molecule has 1 fully saturated rings. The van der Waals surface area contributed by atoms with Crippen LogP contribution in [0.25, 0.3) is 10.9 Å². The van der Waals surface area contributed by atoms with Gasteiger partial charge in [0.1, 0.15) is 0 Å². The first-order valence-electron chi connectivity index (χ1n) is 6.70. The highest BCUT2D eigenvalue weighted by Crippen LogP contribution is 2.26. The number of halogens is 1. The lowest BCUT2D eigenvalue weighted by Gasteiger charge is -2.26. The van der Waals surface area contributed by atoms with Crippen LogP contribution in [0, 0.1) is 0 Å².